The number of hydrogen-bond acceptors (Lipinski definition) is 3. The Kier molecular flexibility index (Phi) is 5.99. The molecule has 2 rings (SSSR count). The Balaban J connectivity index is 1.88. The zero-order valence-corrected chi connectivity index (χ0v) is 13.3. The van der Waals surface area contributed by atoms with Crippen molar-refractivity contribution in [3.05, 3.63) is 30.1 Å². The fourth-order valence-corrected chi connectivity index (χ4v) is 2.45. The van der Waals surface area contributed by atoms with Crippen molar-refractivity contribution in [2.24, 2.45) is 10.9 Å². The highest BCUT2D eigenvalue weighted by molar-refractivity contribution is 5.79. The van der Waals surface area contributed by atoms with E-state index in [0.29, 0.717) is 12.6 Å². The van der Waals surface area contributed by atoms with Crippen molar-refractivity contribution in [1.82, 2.24) is 20.5 Å². The largest absolute Gasteiger partial charge is 0.357 e. The van der Waals surface area contributed by atoms with Gasteiger partial charge < -0.3 is 15.5 Å². The molecule has 0 spiro atoms. The summed E-state index contributed by atoms with van der Waals surface area (Å²) < 4.78 is 0. The Labute approximate surface area is 127 Å². The van der Waals surface area contributed by atoms with Crippen LogP contribution in [0.4, 0.5) is 0 Å². The molecule has 5 heteroatoms. The highest BCUT2D eigenvalue weighted by atomic mass is 15.2. The van der Waals surface area contributed by atoms with Gasteiger partial charge in [0.1, 0.15) is 0 Å². The van der Waals surface area contributed by atoms with E-state index in [1.807, 2.05) is 18.2 Å². The first-order valence-corrected chi connectivity index (χ1v) is 7.79. The number of nitrogens with one attached hydrogen (secondary N) is 2. The van der Waals surface area contributed by atoms with Gasteiger partial charge in [-0.2, -0.15) is 0 Å². The zero-order chi connectivity index (χ0) is 15.1. The van der Waals surface area contributed by atoms with Crippen molar-refractivity contribution in [2.75, 3.05) is 27.2 Å². The Hall–Kier alpha value is -1.62. The lowest BCUT2D eigenvalue weighted by atomic mass is 10.1. The normalized spacial score (nSPS) is 16.9. The molecule has 1 heterocycles. The number of pyridine rings is 1. The van der Waals surface area contributed by atoms with Gasteiger partial charge >= 0.3 is 0 Å². The van der Waals surface area contributed by atoms with E-state index in [0.717, 1.165) is 30.7 Å². The van der Waals surface area contributed by atoms with Crippen LogP contribution in [0.15, 0.2) is 29.4 Å². The number of hydrogen-bond donors (Lipinski definition) is 2. The van der Waals surface area contributed by atoms with E-state index in [1.54, 1.807) is 6.20 Å². The van der Waals surface area contributed by atoms with Crippen LogP contribution in [0.5, 0.6) is 0 Å². The van der Waals surface area contributed by atoms with Crippen LogP contribution in [-0.2, 0) is 6.54 Å². The fourth-order valence-electron chi connectivity index (χ4n) is 2.45. The lowest BCUT2D eigenvalue weighted by Crippen LogP contribution is -2.46. The summed E-state index contributed by atoms with van der Waals surface area (Å²) in [5.41, 5.74) is 0.987. The van der Waals surface area contributed by atoms with Gasteiger partial charge in [-0.1, -0.05) is 6.07 Å². The van der Waals surface area contributed by atoms with Gasteiger partial charge in [-0.3, -0.25) is 4.98 Å². The predicted molar refractivity (Wildman–Crippen MR) is 87.3 cm³/mol. The molecule has 1 unspecified atom stereocenters. The van der Waals surface area contributed by atoms with Gasteiger partial charge in [-0.05, 0) is 51.9 Å². The standard InChI is InChI=1S/C16H27N5/c1-4-17-16(19-11-14-7-5-6-10-18-14)20-12-15(21(2)3)13-8-9-13/h5-7,10,13,15H,4,8-9,11-12H2,1-3H3,(H2,17,19,20). The number of aliphatic imine (C=N–C) groups is 1. The molecule has 21 heavy (non-hydrogen) atoms. The zero-order valence-electron chi connectivity index (χ0n) is 13.3. The maximum absolute atomic E-state index is 4.61. The number of likely N-dealkylation sites (N-methyl/N-ethyl adjacent to an activating group) is 1. The minimum Gasteiger partial charge on any atom is -0.357 e. The molecule has 1 fully saturated rings. The molecule has 1 aromatic rings. The number of nitrogens with zero attached hydrogens (tertiary/aromatic N) is 3. The number of rotatable bonds is 7. The van der Waals surface area contributed by atoms with Crippen LogP contribution in [0.3, 0.4) is 0 Å². The van der Waals surface area contributed by atoms with Crippen LogP contribution in [0, 0.1) is 5.92 Å². The van der Waals surface area contributed by atoms with Gasteiger partial charge in [0, 0.05) is 25.3 Å². The monoisotopic (exact) mass is 289 g/mol. The molecule has 0 radical (unpaired) electrons. The molecule has 2 N–H and O–H groups in total. The summed E-state index contributed by atoms with van der Waals surface area (Å²) in [6.07, 6.45) is 4.51. The van der Waals surface area contributed by atoms with Gasteiger partial charge in [0.15, 0.2) is 5.96 Å². The summed E-state index contributed by atoms with van der Waals surface area (Å²) in [5.74, 6) is 1.71. The average Bonchev–Trinajstić information content (AvgIpc) is 3.30. The summed E-state index contributed by atoms with van der Waals surface area (Å²) in [4.78, 5) is 11.2. The van der Waals surface area contributed by atoms with Gasteiger partial charge in [0.2, 0.25) is 0 Å². The van der Waals surface area contributed by atoms with Crippen LogP contribution in [0.25, 0.3) is 0 Å². The molecule has 1 aliphatic rings. The maximum Gasteiger partial charge on any atom is 0.191 e. The Morgan fingerprint density at radius 1 is 1.38 bits per heavy atom. The second-order valence-corrected chi connectivity index (χ2v) is 5.77. The maximum atomic E-state index is 4.61. The van der Waals surface area contributed by atoms with Crippen LogP contribution in [-0.4, -0.2) is 49.1 Å². The quantitative estimate of drug-likeness (QED) is 0.590. The third kappa shape index (κ3) is 5.34. The van der Waals surface area contributed by atoms with Crippen LogP contribution < -0.4 is 10.6 Å². The molecule has 116 valence electrons. The predicted octanol–water partition coefficient (Wildman–Crippen LogP) is 1.48. The molecular weight excluding hydrogens is 262 g/mol. The minimum absolute atomic E-state index is 0.587. The highest BCUT2D eigenvalue weighted by Crippen LogP contribution is 2.34. The molecule has 5 nitrogen and oxygen atoms in total. The van der Waals surface area contributed by atoms with Crippen molar-refractivity contribution in [2.45, 2.75) is 32.4 Å². The summed E-state index contributed by atoms with van der Waals surface area (Å²) in [7, 11) is 4.31. The van der Waals surface area contributed by atoms with Gasteiger partial charge in [0.25, 0.3) is 0 Å². The van der Waals surface area contributed by atoms with E-state index >= 15 is 0 Å². The fraction of sp³-hybridized carbons (Fsp3) is 0.625. The SMILES string of the molecule is CCNC(=NCc1ccccn1)NCC(C1CC1)N(C)C. The molecule has 0 saturated heterocycles. The van der Waals surface area contributed by atoms with Gasteiger partial charge in [0.05, 0.1) is 12.2 Å². The minimum atomic E-state index is 0.587. The third-order valence-electron chi connectivity index (χ3n) is 3.78. The van der Waals surface area contributed by atoms with Gasteiger partial charge in [-0.25, -0.2) is 4.99 Å². The lowest BCUT2D eigenvalue weighted by molar-refractivity contribution is 0.264. The Morgan fingerprint density at radius 2 is 2.19 bits per heavy atom. The number of guanidine groups is 1. The first kappa shape index (κ1) is 15.8. The second kappa shape index (κ2) is 7.98. The molecule has 0 aromatic carbocycles. The summed E-state index contributed by atoms with van der Waals surface area (Å²) in [6.45, 7) is 4.49. The topological polar surface area (TPSA) is 52.6 Å². The molecule has 1 saturated carbocycles. The van der Waals surface area contributed by atoms with Crippen molar-refractivity contribution in [1.29, 1.82) is 0 Å². The molecule has 0 bridgehead atoms. The highest BCUT2D eigenvalue weighted by Gasteiger charge is 2.32. The smallest absolute Gasteiger partial charge is 0.191 e. The third-order valence-corrected chi connectivity index (χ3v) is 3.78. The summed E-state index contributed by atoms with van der Waals surface area (Å²) >= 11 is 0. The van der Waals surface area contributed by atoms with Crippen molar-refractivity contribution < 1.29 is 0 Å². The van der Waals surface area contributed by atoms with E-state index in [4.69, 9.17) is 0 Å². The second-order valence-electron chi connectivity index (χ2n) is 5.77. The van der Waals surface area contributed by atoms with E-state index in [1.165, 1.54) is 12.8 Å². The first-order chi connectivity index (χ1) is 10.2. The van der Waals surface area contributed by atoms with E-state index in [2.05, 4.69) is 46.5 Å². The molecular formula is C16H27N5. The van der Waals surface area contributed by atoms with Crippen molar-refractivity contribution in [3.63, 3.8) is 0 Å². The van der Waals surface area contributed by atoms with E-state index < -0.39 is 0 Å². The van der Waals surface area contributed by atoms with E-state index in [9.17, 15) is 0 Å². The van der Waals surface area contributed by atoms with Crippen LogP contribution in [0.1, 0.15) is 25.5 Å². The van der Waals surface area contributed by atoms with Crippen molar-refractivity contribution >= 4 is 5.96 Å². The molecule has 1 atom stereocenters. The first-order valence-electron chi connectivity index (χ1n) is 7.79. The van der Waals surface area contributed by atoms with Crippen LogP contribution >= 0.6 is 0 Å². The van der Waals surface area contributed by atoms with Crippen LogP contribution in [0.2, 0.25) is 0 Å². The van der Waals surface area contributed by atoms with Gasteiger partial charge in [-0.15, -0.1) is 0 Å². The summed E-state index contributed by atoms with van der Waals surface area (Å²) in [6, 6.07) is 6.50. The Bertz CT molecular complexity index is 437. The average molecular weight is 289 g/mol. The molecule has 0 aliphatic heterocycles. The summed E-state index contributed by atoms with van der Waals surface area (Å²) in [5, 5.41) is 6.76. The molecule has 1 aromatic heterocycles. The van der Waals surface area contributed by atoms with Crippen molar-refractivity contribution in [3.8, 4) is 0 Å². The molecule has 1 aliphatic carbocycles. The molecule has 0 amide bonds. The van der Waals surface area contributed by atoms with E-state index in [-0.39, 0.29) is 0 Å². The Morgan fingerprint density at radius 3 is 2.76 bits per heavy atom. The number of aromatic nitrogens is 1. The lowest BCUT2D eigenvalue weighted by Gasteiger charge is -2.25.